The van der Waals surface area contributed by atoms with E-state index in [1.807, 2.05) is 26.8 Å². The predicted molar refractivity (Wildman–Crippen MR) is 60.0 cm³/mol. The molecular formula is C11H16N2O4. The first kappa shape index (κ1) is 15.0. The highest BCUT2D eigenvalue weighted by Crippen LogP contribution is 2.23. The number of carbonyl (C=O) groups is 2. The van der Waals surface area contributed by atoms with Crippen LogP contribution in [0.5, 0.6) is 0 Å². The molecule has 0 bridgehead atoms. The van der Waals surface area contributed by atoms with E-state index in [2.05, 4.69) is 5.32 Å². The molecule has 0 rings (SSSR count). The summed E-state index contributed by atoms with van der Waals surface area (Å²) in [4.78, 5) is 21.1. The standard InChI is InChI=1S/C11H16N2O4/c1-11(2,3)4-7(5-12)6-13-8(9(14)15)10(16)17/h6,8,13H,4H2,1-3H3,(H,14,15)(H,16,17). The number of carboxylic acids is 2. The Balaban J connectivity index is 4.72. The Morgan fingerprint density at radius 1 is 1.35 bits per heavy atom. The van der Waals surface area contributed by atoms with Gasteiger partial charge in [0, 0.05) is 11.8 Å². The molecule has 0 aromatic heterocycles. The summed E-state index contributed by atoms with van der Waals surface area (Å²) in [5.74, 6) is -3.00. The van der Waals surface area contributed by atoms with E-state index in [9.17, 15) is 9.59 Å². The van der Waals surface area contributed by atoms with Crippen molar-refractivity contribution in [2.24, 2.45) is 5.41 Å². The van der Waals surface area contributed by atoms with Crippen LogP contribution in [0.3, 0.4) is 0 Å². The number of rotatable bonds is 5. The number of carboxylic acid groups (broad SMARTS) is 2. The van der Waals surface area contributed by atoms with Gasteiger partial charge in [0.1, 0.15) is 0 Å². The van der Waals surface area contributed by atoms with Gasteiger partial charge in [-0.2, -0.15) is 5.26 Å². The first-order valence-electron chi connectivity index (χ1n) is 4.98. The van der Waals surface area contributed by atoms with Gasteiger partial charge in [0.2, 0.25) is 6.04 Å². The van der Waals surface area contributed by atoms with Crippen molar-refractivity contribution in [2.75, 3.05) is 0 Å². The average Bonchev–Trinajstić information content (AvgIpc) is 2.13. The number of allylic oxidation sites excluding steroid dienone is 1. The molecule has 6 heteroatoms. The maximum atomic E-state index is 10.6. The largest absolute Gasteiger partial charge is 0.479 e. The third kappa shape index (κ3) is 6.20. The zero-order chi connectivity index (χ0) is 13.6. The smallest absolute Gasteiger partial charge is 0.337 e. The number of nitrogens with one attached hydrogen (secondary N) is 1. The summed E-state index contributed by atoms with van der Waals surface area (Å²) in [6.45, 7) is 5.76. The van der Waals surface area contributed by atoms with Crippen LogP contribution in [0.2, 0.25) is 0 Å². The molecular weight excluding hydrogens is 224 g/mol. The van der Waals surface area contributed by atoms with Crippen LogP contribution in [-0.2, 0) is 9.59 Å². The molecule has 0 aliphatic rings. The van der Waals surface area contributed by atoms with Crippen molar-refractivity contribution in [3.05, 3.63) is 11.8 Å². The maximum absolute atomic E-state index is 10.6. The van der Waals surface area contributed by atoms with Gasteiger partial charge >= 0.3 is 11.9 Å². The fourth-order valence-electron chi connectivity index (χ4n) is 1.13. The van der Waals surface area contributed by atoms with Crippen molar-refractivity contribution in [3.63, 3.8) is 0 Å². The summed E-state index contributed by atoms with van der Waals surface area (Å²) >= 11 is 0. The van der Waals surface area contributed by atoms with E-state index in [1.54, 1.807) is 0 Å². The summed E-state index contributed by atoms with van der Waals surface area (Å²) in [5.41, 5.74) is 0.176. The SMILES string of the molecule is CC(C)(C)CC(C#N)=CNC(C(=O)O)C(=O)O. The van der Waals surface area contributed by atoms with Crippen LogP contribution >= 0.6 is 0 Å². The van der Waals surface area contributed by atoms with Gasteiger partial charge in [-0.1, -0.05) is 20.8 Å². The quantitative estimate of drug-likeness (QED) is 0.487. The van der Waals surface area contributed by atoms with Gasteiger partial charge in [-0.15, -0.1) is 0 Å². The van der Waals surface area contributed by atoms with Gasteiger partial charge in [-0.05, 0) is 11.8 Å². The van der Waals surface area contributed by atoms with Crippen LogP contribution in [0.4, 0.5) is 0 Å². The van der Waals surface area contributed by atoms with Gasteiger partial charge in [-0.25, -0.2) is 9.59 Å². The van der Waals surface area contributed by atoms with Crippen LogP contribution in [0.15, 0.2) is 11.8 Å². The first-order valence-corrected chi connectivity index (χ1v) is 4.98. The maximum Gasteiger partial charge on any atom is 0.337 e. The predicted octanol–water partition coefficient (Wildman–Crippen LogP) is 0.957. The second-order valence-electron chi connectivity index (χ2n) is 4.79. The minimum atomic E-state index is -1.74. The number of hydrogen-bond acceptors (Lipinski definition) is 4. The number of hydrogen-bond donors (Lipinski definition) is 3. The average molecular weight is 240 g/mol. The number of aliphatic carboxylic acids is 2. The normalized spacial score (nSPS) is 12.1. The molecule has 0 amide bonds. The zero-order valence-corrected chi connectivity index (χ0v) is 10.0. The minimum absolute atomic E-state index is 0.134. The highest BCUT2D eigenvalue weighted by Gasteiger charge is 2.24. The van der Waals surface area contributed by atoms with Crippen molar-refractivity contribution in [3.8, 4) is 6.07 Å². The van der Waals surface area contributed by atoms with Crippen molar-refractivity contribution in [1.82, 2.24) is 5.32 Å². The summed E-state index contributed by atoms with van der Waals surface area (Å²) in [5, 5.41) is 28.2. The molecule has 94 valence electrons. The fraction of sp³-hybridized carbons (Fsp3) is 0.545. The van der Waals surface area contributed by atoms with E-state index in [4.69, 9.17) is 15.5 Å². The van der Waals surface area contributed by atoms with Crippen molar-refractivity contribution in [2.45, 2.75) is 33.2 Å². The van der Waals surface area contributed by atoms with Gasteiger partial charge in [0.15, 0.2) is 0 Å². The molecule has 0 heterocycles. The molecule has 0 atom stereocenters. The Morgan fingerprint density at radius 2 is 1.82 bits per heavy atom. The topological polar surface area (TPSA) is 110 Å². The van der Waals surface area contributed by atoms with Crippen molar-refractivity contribution < 1.29 is 19.8 Å². The van der Waals surface area contributed by atoms with Crippen LogP contribution in [0, 0.1) is 16.7 Å². The third-order valence-electron chi connectivity index (χ3n) is 1.78. The highest BCUT2D eigenvalue weighted by atomic mass is 16.4. The Hall–Kier alpha value is -2.03. The first-order chi connectivity index (χ1) is 7.67. The Labute approximate surface area is 99.6 Å². The van der Waals surface area contributed by atoms with E-state index in [0.717, 1.165) is 6.20 Å². The molecule has 0 spiro atoms. The molecule has 0 aromatic rings. The van der Waals surface area contributed by atoms with Crippen LogP contribution < -0.4 is 5.32 Å². The van der Waals surface area contributed by atoms with E-state index in [-0.39, 0.29) is 5.41 Å². The minimum Gasteiger partial charge on any atom is -0.479 e. The molecule has 6 nitrogen and oxygen atoms in total. The van der Waals surface area contributed by atoms with Crippen LogP contribution in [0.1, 0.15) is 27.2 Å². The molecule has 0 fully saturated rings. The van der Waals surface area contributed by atoms with Crippen LogP contribution in [-0.4, -0.2) is 28.2 Å². The fourth-order valence-corrected chi connectivity index (χ4v) is 1.13. The number of nitrogens with zero attached hydrogens (tertiary/aromatic N) is 1. The Bertz CT molecular complexity index is 360. The van der Waals surface area contributed by atoms with Gasteiger partial charge in [-0.3, -0.25) is 0 Å². The summed E-state index contributed by atoms with van der Waals surface area (Å²) in [7, 11) is 0. The van der Waals surface area contributed by atoms with E-state index in [0.29, 0.717) is 12.0 Å². The van der Waals surface area contributed by atoms with Gasteiger partial charge < -0.3 is 15.5 Å². The molecule has 0 aliphatic heterocycles. The molecule has 3 N–H and O–H groups in total. The molecule has 0 aromatic carbocycles. The lowest BCUT2D eigenvalue weighted by Gasteiger charge is -2.17. The Kier molecular flexibility index (Phi) is 5.19. The van der Waals surface area contributed by atoms with Gasteiger partial charge in [0.05, 0.1) is 6.07 Å². The second-order valence-corrected chi connectivity index (χ2v) is 4.79. The highest BCUT2D eigenvalue weighted by molar-refractivity contribution is 5.97. The zero-order valence-electron chi connectivity index (χ0n) is 10.0. The van der Waals surface area contributed by atoms with E-state index >= 15 is 0 Å². The molecule has 0 saturated carbocycles. The number of nitriles is 1. The second kappa shape index (κ2) is 5.89. The van der Waals surface area contributed by atoms with Gasteiger partial charge in [0.25, 0.3) is 0 Å². The monoisotopic (exact) mass is 240 g/mol. The Morgan fingerprint density at radius 3 is 2.12 bits per heavy atom. The van der Waals surface area contributed by atoms with E-state index < -0.39 is 18.0 Å². The molecule has 0 radical (unpaired) electrons. The lowest BCUT2D eigenvalue weighted by Crippen LogP contribution is -2.40. The van der Waals surface area contributed by atoms with Crippen LogP contribution in [0.25, 0.3) is 0 Å². The van der Waals surface area contributed by atoms with E-state index in [1.165, 1.54) is 0 Å². The lowest BCUT2D eigenvalue weighted by molar-refractivity contribution is -0.150. The molecule has 0 saturated heterocycles. The molecule has 0 aliphatic carbocycles. The third-order valence-corrected chi connectivity index (χ3v) is 1.78. The molecule has 0 unspecified atom stereocenters. The lowest BCUT2D eigenvalue weighted by atomic mass is 9.89. The summed E-state index contributed by atoms with van der Waals surface area (Å²) < 4.78 is 0. The summed E-state index contributed by atoms with van der Waals surface area (Å²) in [6, 6.07) is 0.167. The molecule has 17 heavy (non-hydrogen) atoms. The van der Waals surface area contributed by atoms with Crippen molar-refractivity contribution in [1.29, 1.82) is 5.26 Å². The summed E-state index contributed by atoms with van der Waals surface area (Å²) in [6.07, 6.45) is 1.58. The van der Waals surface area contributed by atoms with Crippen molar-refractivity contribution >= 4 is 11.9 Å².